The van der Waals surface area contributed by atoms with E-state index in [1.807, 2.05) is 23.6 Å². The van der Waals surface area contributed by atoms with E-state index in [2.05, 4.69) is 4.90 Å². The Hall–Kier alpha value is -2.69. The highest BCUT2D eigenvalue weighted by Crippen LogP contribution is 2.36. The van der Waals surface area contributed by atoms with Gasteiger partial charge in [0.05, 0.1) is 24.8 Å². The predicted octanol–water partition coefficient (Wildman–Crippen LogP) is 3.48. The quantitative estimate of drug-likeness (QED) is 0.557. The second-order valence-corrected chi connectivity index (χ2v) is 9.70. The minimum atomic E-state index is -3.65. The number of sulfonamides is 1. The number of piperazine rings is 1. The molecule has 0 bridgehead atoms. The average molecular weight is 464 g/mol. The van der Waals surface area contributed by atoms with E-state index in [0.717, 1.165) is 28.5 Å². The monoisotopic (exact) mass is 463 g/mol. The highest BCUT2D eigenvalue weighted by atomic mass is 32.2. The van der Waals surface area contributed by atoms with Gasteiger partial charge in [-0.25, -0.2) is 17.8 Å². The smallest absolute Gasteiger partial charge is 0.243 e. The fourth-order valence-electron chi connectivity index (χ4n) is 3.42. The summed E-state index contributed by atoms with van der Waals surface area (Å²) in [5.41, 5.74) is 1.61. The van der Waals surface area contributed by atoms with E-state index in [1.165, 1.54) is 27.8 Å². The number of thiazole rings is 1. The number of hydrogen-bond acceptors (Lipinski definition) is 7. The molecule has 0 aliphatic carbocycles. The Morgan fingerprint density at radius 3 is 2.35 bits per heavy atom. The number of halogens is 1. The second kappa shape index (κ2) is 8.81. The molecule has 0 amide bonds. The van der Waals surface area contributed by atoms with Gasteiger partial charge in [0.25, 0.3) is 0 Å². The standard InChI is InChI=1S/C21H22FN3O4S2/c1-28-16-5-8-20(29-2)18(13-16)19-14-30-21(23-19)24-9-11-25(12-10-24)31(26,27)17-6-3-15(22)4-7-17/h3-8,13-14H,9-12H2,1-2H3. The molecule has 2 heterocycles. The van der Waals surface area contributed by atoms with Crippen LogP contribution in [-0.4, -0.2) is 58.1 Å². The van der Waals surface area contributed by atoms with Gasteiger partial charge in [0.15, 0.2) is 5.13 Å². The Kier molecular flexibility index (Phi) is 6.12. The number of aromatic nitrogens is 1. The molecule has 4 rings (SSSR count). The van der Waals surface area contributed by atoms with Gasteiger partial charge in [0.1, 0.15) is 17.3 Å². The Morgan fingerprint density at radius 1 is 1.00 bits per heavy atom. The summed E-state index contributed by atoms with van der Waals surface area (Å²) in [6.45, 7) is 1.69. The van der Waals surface area contributed by atoms with Crippen LogP contribution >= 0.6 is 11.3 Å². The van der Waals surface area contributed by atoms with Crippen molar-refractivity contribution in [2.45, 2.75) is 4.90 Å². The van der Waals surface area contributed by atoms with Crippen molar-refractivity contribution < 1.29 is 22.3 Å². The van der Waals surface area contributed by atoms with Gasteiger partial charge in [-0.1, -0.05) is 0 Å². The van der Waals surface area contributed by atoms with Crippen molar-refractivity contribution >= 4 is 26.5 Å². The van der Waals surface area contributed by atoms with Gasteiger partial charge in [-0.2, -0.15) is 4.31 Å². The third-order valence-electron chi connectivity index (χ3n) is 5.14. The molecule has 1 saturated heterocycles. The molecule has 0 unspecified atom stereocenters. The van der Waals surface area contributed by atoms with E-state index in [1.54, 1.807) is 14.2 Å². The molecule has 0 N–H and O–H groups in total. The maximum Gasteiger partial charge on any atom is 0.243 e. The molecule has 0 atom stereocenters. The molecule has 31 heavy (non-hydrogen) atoms. The summed E-state index contributed by atoms with van der Waals surface area (Å²) in [6.07, 6.45) is 0. The molecule has 1 aliphatic rings. The van der Waals surface area contributed by atoms with Gasteiger partial charge in [-0.3, -0.25) is 0 Å². The molecule has 1 aliphatic heterocycles. The van der Waals surface area contributed by atoms with Crippen molar-refractivity contribution in [3.8, 4) is 22.8 Å². The third-order valence-corrected chi connectivity index (χ3v) is 7.95. The fraction of sp³-hybridized carbons (Fsp3) is 0.286. The molecule has 0 spiro atoms. The lowest BCUT2D eigenvalue weighted by molar-refractivity contribution is 0.384. The number of hydrogen-bond donors (Lipinski definition) is 0. The molecule has 1 aromatic heterocycles. The van der Waals surface area contributed by atoms with Gasteiger partial charge in [0.2, 0.25) is 10.0 Å². The van der Waals surface area contributed by atoms with E-state index in [0.29, 0.717) is 37.7 Å². The molecule has 0 saturated carbocycles. The molecule has 164 valence electrons. The van der Waals surface area contributed by atoms with Gasteiger partial charge < -0.3 is 14.4 Å². The SMILES string of the molecule is COc1ccc(OC)c(-c2csc(N3CCN(S(=O)(=O)c4ccc(F)cc4)CC3)n2)c1. The lowest BCUT2D eigenvalue weighted by atomic mass is 10.1. The van der Waals surface area contributed by atoms with Crippen LogP contribution in [0.4, 0.5) is 9.52 Å². The average Bonchev–Trinajstić information content (AvgIpc) is 3.29. The molecule has 2 aromatic carbocycles. The lowest BCUT2D eigenvalue weighted by Crippen LogP contribution is -2.48. The largest absolute Gasteiger partial charge is 0.497 e. The van der Waals surface area contributed by atoms with Crippen molar-refractivity contribution in [2.24, 2.45) is 0 Å². The Morgan fingerprint density at radius 2 is 1.71 bits per heavy atom. The third kappa shape index (κ3) is 4.36. The first-order valence-corrected chi connectivity index (χ1v) is 11.9. The zero-order valence-electron chi connectivity index (χ0n) is 17.1. The van der Waals surface area contributed by atoms with Crippen LogP contribution in [0.25, 0.3) is 11.3 Å². The lowest BCUT2D eigenvalue weighted by Gasteiger charge is -2.33. The van der Waals surface area contributed by atoms with E-state index in [4.69, 9.17) is 14.5 Å². The van der Waals surface area contributed by atoms with Gasteiger partial charge >= 0.3 is 0 Å². The van der Waals surface area contributed by atoms with E-state index < -0.39 is 15.8 Å². The maximum absolute atomic E-state index is 13.1. The summed E-state index contributed by atoms with van der Waals surface area (Å²) in [5.74, 6) is 0.953. The number of benzene rings is 2. The first kappa shape index (κ1) is 21.5. The summed E-state index contributed by atoms with van der Waals surface area (Å²) >= 11 is 1.50. The van der Waals surface area contributed by atoms with E-state index >= 15 is 0 Å². The topological polar surface area (TPSA) is 72.0 Å². The molecule has 7 nitrogen and oxygen atoms in total. The summed E-state index contributed by atoms with van der Waals surface area (Å²) in [7, 11) is -0.427. The van der Waals surface area contributed by atoms with Crippen molar-refractivity contribution in [1.29, 1.82) is 0 Å². The highest BCUT2D eigenvalue weighted by Gasteiger charge is 2.29. The van der Waals surface area contributed by atoms with Crippen molar-refractivity contribution in [3.63, 3.8) is 0 Å². The normalized spacial score (nSPS) is 15.1. The predicted molar refractivity (Wildman–Crippen MR) is 118 cm³/mol. The van der Waals surface area contributed by atoms with Gasteiger partial charge in [-0.05, 0) is 42.5 Å². The highest BCUT2D eigenvalue weighted by molar-refractivity contribution is 7.89. The molecule has 1 fully saturated rings. The fourth-order valence-corrected chi connectivity index (χ4v) is 5.72. The Bertz CT molecular complexity index is 1160. The number of nitrogens with zero attached hydrogens (tertiary/aromatic N) is 3. The summed E-state index contributed by atoms with van der Waals surface area (Å²) in [6, 6.07) is 10.5. The number of ether oxygens (including phenoxy) is 2. The Labute approximate surface area is 184 Å². The molecule has 10 heteroatoms. The van der Waals surface area contributed by atoms with Gasteiger partial charge in [0, 0.05) is 37.1 Å². The minimum Gasteiger partial charge on any atom is -0.497 e. The molecule has 3 aromatic rings. The molecule has 0 radical (unpaired) electrons. The number of anilines is 1. The first-order valence-electron chi connectivity index (χ1n) is 9.61. The second-order valence-electron chi connectivity index (χ2n) is 6.93. The van der Waals surface area contributed by atoms with Crippen LogP contribution in [-0.2, 0) is 10.0 Å². The first-order chi connectivity index (χ1) is 14.9. The van der Waals surface area contributed by atoms with Crippen LogP contribution in [0, 0.1) is 5.82 Å². The van der Waals surface area contributed by atoms with Crippen LogP contribution in [0.2, 0.25) is 0 Å². The summed E-state index contributed by atoms with van der Waals surface area (Å²) < 4.78 is 50.9. The number of methoxy groups -OCH3 is 2. The zero-order valence-corrected chi connectivity index (χ0v) is 18.7. The summed E-state index contributed by atoms with van der Waals surface area (Å²) in [5, 5.41) is 2.77. The van der Waals surface area contributed by atoms with Crippen LogP contribution < -0.4 is 14.4 Å². The molecular weight excluding hydrogens is 441 g/mol. The minimum absolute atomic E-state index is 0.101. The van der Waals surface area contributed by atoms with Crippen molar-refractivity contribution in [1.82, 2.24) is 9.29 Å². The molecular formula is C21H22FN3O4S2. The van der Waals surface area contributed by atoms with Crippen molar-refractivity contribution in [3.05, 3.63) is 53.7 Å². The van der Waals surface area contributed by atoms with Crippen LogP contribution in [0.15, 0.2) is 52.7 Å². The number of rotatable bonds is 6. The van der Waals surface area contributed by atoms with Crippen LogP contribution in [0.3, 0.4) is 0 Å². The van der Waals surface area contributed by atoms with Crippen LogP contribution in [0.1, 0.15) is 0 Å². The van der Waals surface area contributed by atoms with Gasteiger partial charge in [-0.15, -0.1) is 11.3 Å². The van der Waals surface area contributed by atoms with E-state index in [9.17, 15) is 12.8 Å². The maximum atomic E-state index is 13.1. The summed E-state index contributed by atoms with van der Waals surface area (Å²) in [4.78, 5) is 6.91. The van der Waals surface area contributed by atoms with Crippen LogP contribution in [0.5, 0.6) is 11.5 Å². The zero-order chi connectivity index (χ0) is 22.0. The Balaban J connectivity index is 1.48. The van der Waals surface area contributed by atoms with Crippen molar-refractivity contribution in [2.75, 3.05) is 45.3 Å². The van der Waals surface area contributed by atoms with E-state index in [-0.39, 0.29) is 4.90 Å².